The van der Waals surface area contributed by atoms with Crippen LogP contribution in [0, 0.1) is 5.82 Å². The molecule has 0 aromatic heterocycles. The number of nitrogens with zero attached hydrogens (tertiary/aromatic N) is 2. The van der Waals surface area contributed by atoms with E-state index in [0.717, 1.165) is 38.3 Å². The average molecular weight is 333 g/mol. The number of benzene rings is 1. The molecular formula is C15H19F4N3O. The third-order valence-electron chi connectivity index (χ3n) is 4.08. The number of piperazine rings is 1. The molecule has 4 nitrogen and oxygen atoms in total. The van der Waals surface area contributed by atoms with Gasteiger partial charge >= 0.3 is 6.18 Å². The van der Waals surface area contributed by atoms with E-state index in [4.69, 9.17) is 5.73 Å². The number of amides is 1. The summed E-state index contributed by atoms with van der Waals surface area (Å²) in [5.74, 6) is -2.90. The molecule has 0 unspecified atom stereocenters. The van der Waals surface area contributed by atoms with Gasteiger partial charge in [-0.3, -0.25) is 9.69 Å². The normalized spacial score (nSPS) is 18.8. The fourth-order valence-electron chi connectivity index (χ4n) is 2.63. The van der Waals surface area contributed by atoms with Gasteiger partial charge in [0.15, 0.2) is 0 Å². The van der Waals surface area contributed by atoms with Gasteiger partial charge in [0, 0.05) is 32.7 Å². The zero-order valence-corrected chi connectivity index (χ0v) is 12.7. The molecule has 2 rings (SSSR count). The lowest BCUT2D eigenvalue weighted by molar-refractivity contribution is -0.140. The largest absolute Gasteiger partial charge is 0.419 e. The standard InChI is InChI=1S/C15H19F4N3O/c1-21-4-6-22(7-5-21)9-11(14(20)23)10-2-3-12(13(16)8-10)15(17,18)19/h2-3,8,11H,4-7,9H2,1H3,(H2,20,23)/t11-/m0/s1. The Morgan fingerprint density at radius 1 is 1.26 bits per heavy atom. The third kappa shape index (κ3) is 4.42. The molecule has 0 saturated carbocycles. The molecule has 1 heterocycles. The van der Waals surface area contributed by atoms with E-state index >= 15 is 0 Å². The average Bonchev–Trinajstić information content (AvgIpc) is 2.44. The zero-order valence-electron chi connectivity index (χ0n) is 12.7. The fourth-order valence-corrected chi connectivity index (χ4v) is 2.63. The maximum Gasteiger partial charge on any atom is 0.419 e. The summed E-state index contributed by atoms with van der Waals surface area (Å²) in [4.78, 5) is 15.8. The molecule has 1 aromatic rings. The van der Waals surface area contributed by atoms with Crippen molar-refractivity contribution in [1.82, 2.24) is 9.80 Å². The smallest absolute Gasteiger partial charge is 0.369 e. The molecule has 1 aliphatic rings. The molecule has 1 fully saturated rings. The molecule has 2 N–H and O–H groups in total. The number of hydrogen-bond donors (Lipinski definition) is 1. The van der Waals surface area contributed by atoms with Crippen molar-refractivity contribution < 1.29 is 22.4 Å². The van der Waals surface area contributed by atoms with Crippen molar-refractivity contribution >= 4 is 5.91 Å². The highest BCUT2D eigenvalue weighted by atomic mass is 19.4. The minimum atomic E-state index is -4.76. The van der Waals surface area contributed by atoms with Crippen molar-refractivity contribution in [2.24, 2.45) is 5.73 Å². The number of carbonyl (C=O) groups is 1. The van der Waals surface area contributed by atoms with Gasteiger partial charge in [0.25, 0.3) is 0 Å². The van der Waals surface area contributed by atoms with Crippen LogP contribution < -0.4 is 5.73 Å². The van der Waals surface area contributed by atoms with Gasteiger partial charge in [0.2, 0.25) is 5.91 Å². The molecule has 128 valence electrons. The van der Waals surface area contributed by atoms with Crippen LogP contribution >= 0.6 is 0 Å². The first-order chi connectivity index (χ1) is 10.7. The number of halogens is 4. The summed E-state index contributed by atoms with van der Waals surface area (Å²) < 4.78 is 51.5. The second kappa shape index (κ2) is 6.84. The van der Waals surface area contributed by atoms with Crippen molar-refractivity contribution in [3.63, 3.8) is 0 Å². The van der Waals surface area contributed by atoms with Crippen LogP contribution in [0.5, 0.6) is 0 Å². The predicted molar refractivity (Wildman–Crippen MR) is 77.3 cm³/mol. The Labute approximate surface area is 131 Å². The highest BCUT2D eigenvalue weighted by molar-refractivity contribution is 5.82. The van der Waals surface area contributed by atoms with Crippen molar-refractivity contribution in [3.05, 3.63) is 35.1 Å². The van der Waals surface area contributed by atoms with Gasteiger partial charge in [-0.1, -0.05) is 6.07 Å². The summed E-state index contributed by atoms with van der Waals surface area (Å²) >= 11 is 0. The van der Waals surface area contributed by atoms with Crippen LogP contribution in [0.1, 0.15) is 17.0 Å². The van der Waals surface area contributed by atoms with Gasteiger partial charge < -0.3 is 10.6 Å². The van der Waals surface area contributed by atoms with Crippen LogP contribution in [-0.4, -0.2) is 55.5 Å². The molecule has 1 aliphatic heterocycles. The van der Waals surface area contributed by atoms with Crippen LogP contribution in [-0.2, 0) is 11.0 Å². The maximum absolute atomic E-state index is 13.7. The molecule has 23 heavy (non-hydrogen) atoms. The molecule has 8 heteroatoms. The first kappa shape index (κ1) is 17.7. The van der Waals surface area contributed by atoms with Gasteiger partial charge in [-0.05, 0) is 24.7 Å². The second-order valence-electron chi connectivity index (χ2n) is 5.80. The Kier molecular flexibility index (Phi) is 5.26. The molecule has 0 radical (unpaired) electrons. The SMILES string of the molecule is CN1CCN(C[C@H](C(N)=O)c2ccc(C(F)(F)F)c(F)c2)CC1. The number of alkyl halides is 3. The highest BCUT2D eigenvalue weighted by Gasteiger charge is 2.34. The van der Waals surface area contributed by atoms with Gasteiger partial charge in [-0.15, -0.1) is 0 Å². The first-order valence-corrected chi connectivity index (χ1v) is 7.25. The quantitative estimate of drug-likeness (QED) is 0.853. The molecule has 1 aromatic carbocycles. The highest BCUT2D eigenvalue weighted by Crippen LogP contribution is 2.32. The monoisotopic (exact) mass is 333 g/mol. The Morgan fingerprint density at radius 2 is 1.87 bits per heavy atom. The number of rotatable bonds is 4. The molecule has 0 aliphatic carbocycles. The minimum absolute atomic E-state index is 0.168. The number of hydrogen-bond acceptors (Lipinski definition) is 3. The number of primary amides is 1. The topological polar surface area (TPSA) is 49.6 Å². The number of nitrogens with two attached hydrogens (primary N) is 1. The van der Waals surface area contributed by atoms with Crippen LogP contribution in [0.3, 0.4) is 0 Å². The van der Waals surface area contributed by atoms with E-state index < -0.39 is 29.4 Å². The molecule has 1 atom stereocenters. The maximum atomic E-state index is 13.7. The molecule has 0 bridgehead atoms. The summed E-state index contributed by atoms with van der Waals surface area (Å²) in [5.41, 5.74) is 4.19. The molecular weight excluding hydrogens is 314 g/mol. The van der Waals surface area contributed by atoms with E-state index in [0.29, 0.717) is 6.07 Å². The Hall–Kier alpha value is -1.67. The number of carbonyl (C=O) groups excluding carboxylic acids is 1. The van der Waals surface area contributed by atoms with Crippen LogP contribution in [0.15, 0.2) is 18.2 Å². The molecule has 1 saturated heterocycles. The van der Waals surface area contributed by atoms with E-state index in [1.54, 1.807) is 0 Å². The van der Waals surface area contributed by atoms with Crippen LogP contribution in [0.2, 0.25) is 0 Å². The van der Waals surface area contributed by atoms with Gasteiger partial charge in [0.05, 0.1) is 11.5 Å². The van der Waals surface area contributed by atoms with E-state index in [1.165, 1.54) is 0 Å². The minimum Gasteiger partial charge on any atom is -0.369 e. The lowest BCUT2D eigenvalue weighted by Crippen LogP contribution is -2.47. The lowest BCUT2D eigenvalue weighted by atomic mass is 9.96. The Balaban J connectivity index is 2.18. The summed E-state index contributed by atoms with van der Waals surface area (Å²) in [6.07, 6.45) is -4.76. The zero-order chi connectivity index (χ0) is 17.2. The number of likely N-dealkylation sites (N-methyl/N-ethyl adjacent to an activating group) is 1. The summed E-state index contributed by atoms with van der Waals surface area (Å²) in [6, 6.07) is 2.54. The van der Waals surface area contributed by atoms with Crippen molar-refractivity contribution in [3.8, 4) is 0 Å². The van der Waals surface area contributed by atoms with Gasteiger partial charge in [0.1, 0.15) is 5.82 Å². The van der Waals surface area contributed by atoms with Gasteiger partial charge in [-0.2, -0.15) is 13.2 Å². The van der Waals surface area contributed by atoms with Crippen molar-refractivity contribution in [2.75, 3.05) is 39.8 Å². The molecule has 1 amide bonds. The summed E-state index contributed by atoms with van der Waals surface area (Å²) in [6.45, 7) is 3.38. The van der Waals surface area contributed by atoms with Crippen LogP contribution in [0.25, 0.3) is 0 Å². The van der Waals surface area contributed by atoms with E-state index in [-0.39, 0.29) is 12.1 Å². The van der Waals surface area contributed by atoms with Crippen LogP contribution in [0.4, 0.5) is 17.6 Å². The Bertz CT molecular complexity index is 568. The second-order valence-corrected chi connectivity index (χ2v) is 5.80. The summed E-state index contributed by atoms with van der Waals surface area (Å²) in [5, 5.41) is 0. The fraction of sp³-hybridized carbons (Fsp3) is 0.533. The third-order valence-corrected chi connectivity index (χ3v) is 4.08. The van der Waals surface area contributed by atoms with Crippen molar-refractivity contribution in [2.45, 2.75) is 12.1 Å². The van der Waals surface area contributed by atoms with E-state index in [1.807, 2.05) is 11.9 Å². The van der Waals surface area contributed by atoms with Gasteiger partial charge in [-0.25, -0.2) is 4.39 Å². The predicted octanol–water partition coefficient (Wildman–Crippen LogP) is 1.66. The molecule has 0 spiro atoms. The van der Waals surface area contributed by atoms with E-state index in [2.05, 4.69) is 4.90 Å². The Morgan fingerprint density at radius 3 is 2.35 bits per heavy atom. The summed E-state index contributed by atoms with van der Waals surface area (Å²) in [7, 11) is 1.98. The lowest BCUT2D eigenvalue weighted by Gasteiger charge is -2.34. The first-order valence-electron chi connectivity index (χ1n) is 7.25. The van der Waals surface area contributed by atoms with Crippen molar-refractivity contribution in [1.29, 1.82) is 0 Å². The van der Waals surface area contributed by atoms with E-state index in [9.17, 15) is 22.4 Å².